The minimum Gasteiger partial charge on any atom is -0.457 e. The Kier molecular flexibility index (Phi) is 33.5. The lowest BCUT2D eigenvalue weighted by Crippen LogP contribution is -2.60. The molecule has 0 aliphatic carbocycles. The van der Waals surface area contributed by atoms with E-state index >= 15 is 0 Å². The number of esters is 1. The number of aliphatic hydroxyl groups excluding tert-OH is 3. The first-order valence-corrected chi connectivity index (χ1v) is 23.3. The molecule has 1 heterocycles. The van der Waals surface area contributed by atoms with Gasteiger partial charge in [-0.05, 0) is 51.4 Å². The molecule has 12 nitrogen and oxygen atoms in total. The van der Waals surface area contributed by atoms with Crippen LogP contribution in [0.15, 0.2) is 48.6 Å². The molecule has 13 heteroatoms. The van der Waals surface area contributed by atoms with Crippen molar-refractivity contribution in [2.24, 2.45) is 0 Å². The van der Waals surface area contributed by atoms with E-state index in [2.05, 4.69) is 66.6 Å². The second kappa shape index (κ2) is 36.0. The van der Waals surface area contributed by atoms with Gasteiger partial charge in [0.2, 0.25) is 0 Å². The topological polar surface area (TPSA) is 178 Å². The number of rotatable bonds is 37. The van der Waals surface area contributed by atoms with Crippen LogP contribution in [0.25, 0.3) is 0 Å². The number of hydrogen-bond acceptors (Lipinski definition) is 11. The third kappa shape index (κ3) is 29.8. The monoisotopic (exact) mass is 831 g/mol. The molecule has 1 aliphatic heterocycles. The summed E-state index contributed by atoms with van der Waals surface area (Å²) in [6, 6.07) is 0. The van der Waals surface area contributed by atoms with Gasteiger partial charge in [-0.2, -0.15) is 8.42 Å². The highest BCUT2D eigenvalue weighted by Gasteiger charge is 2.48. The minimum absolute atomic E-state index is 0.0335. The Morgan fingerprint density at radius 2 is 1.21 bits per heavy atom. The number of aliphatic hydroxyl groups is 3. The summed E-state index contributed by atoms with van der Waals surface area (Å²) in [7, 11) is -5.05. The van der Waals surface area contributed by atoms with Crippen molar-refractivity contribution in [2.45, 2.75) is 198 Å². The molecule has 0 radical (unpaired) electrons. The number of unbranched alkanes of at least 4 members (excludes halogenated alkanes) is 16. The zero-order valence-electron chi connectivity index (χ0n) is 35.1. The first-order valence-electron chi connectivity index (χ1n) is 21.9. The molecule has 4 N–H and O–H groups in total. The van der Waals surface area contributed by atoms with E-state index in [9.17, 15) is 28.5 Å². The first kappa shape index (κ1) is 53.1. The number of ether oxygens (including phenoxy) is 4. The molecule has 0 aromatic carbocycles. The summed E-state index contributed by atoms with van der Waals surface area (Å²) in [6.45, 7) is 3.72. The zero-order chi connectivity index (χ0) is 41.8. The first-order chi connectivity index (χ1) is 27.6. The van der Waals surface area contributed by atoms with Crippen molar-refractivity contribution in [3.63, 3.8) is 0 Å². The SMILES string of the molecule is CC/C=C\C/C=C\C/C=C\C/C=C\CCCCCCCCCCCCCCCOCC(COC1OC(CO)C(O)C(OS(=O)(=O)O)C1O)OC(=O)CCCCCC. The molecule has 6 atom stereocenters. The fourth-order valence-corrected chi connectivity index (χ4v) is 6.94. The van der Waals surface area contributed by atoms with Gasteiger partial charge in [0, 0.05) is 13.0 Å². The van der Waals surface area contributed by atoms with Gasteiger partial charge >= 0.3 is 16.4 Å². The smallest absolute Gasteiger partial charge is 0.397 e. The van der Waals surface area contributed by atoms with E-state index in [1.54, 1.807) is 0 Å². The lowest BCUT2D eigenvalue weighted by Gasteiger charge is -2.41. The van der Waals surface area contributed by atoms with Gasteiger partial charge in [0.25, 0.3) is 0 Å². The average Bonchev–Trinajstić information content (AvgIpc) is 3.18. The Balaban J connectivity index is 2.19. The molecular formula is C44H78O12S. The summed E-state index contributed by atoms with van der Waals surface area (Å²) in [5.41, 5.74) is 0. The van der Waals surface area contributed by atoms with Crippen LogP contribution in [-0.4, -0.2) is 97.5 Å². The molecule has 1 fully saturated rings. The second-order valence-electron chi connectivity index (χ2n) is 14.9. The Bertz CT molecular complexity index is 1190. The zero-order valence-corrected chi connectivity index (χ0v) is 36.0. The van der Waals surface area contributed by atoms with Crippen LogP contribution in [0.5, 0.6) is 0 Å². The normalized spacial score (nSPS) is 21.1. The van der Waals surface area contributed by atoms with Crippen LogP contribution in [0.1, 0.15) is 162 Å². The van der Waals surface area contributed by atoms with E-state index in [0.717, 1.165) is 64.2 Å². The fourth-order valence-electron chi connectivity index (χ4n) is 6.43. The third-order valence-electron chi connectivity index (χ3n) is 9.72. The maximum atomic E-state index is 12.5. The molecule has 332 valence electrons. The Morgan fingerprint density at radius 3 is 1.75 bits per heavy atom. The van der Waals surface area contributed by atoms with Gasteiger partial charge in [0.05, 0.1) is 19.8 Å². The maximum absolute atomic E-state index is 12.5. The molecule has 0 spiro atoms. The lowest BCUT2D eigenvalue weighted by molar-refractivity contribution is -0.301. The van der Waals surface area contributed by atoms with Crippen molar-refractivity contribution in [1.29, 1.82) is 0 Å². The van der Waals surface area contributed by atoms with Gasteiger partial charge in [-0.1, -0.05) is 152 Å². The van der Waals surface area contributed by atoms with E-state index in [0.29, 0.717) is 13.0 Å². The summed E-state index contributed by atoms with van der Waals surface area (Å²) >= 11 is 0. The Hall–Kier alpha value is -1.94. The Labute approximate surface area is 345 Å². The lowest BCUT2D eigenvalue weighted by atomic mass is 9.99. The largest absolute Gasteiger partial charge is 0.457 e. The molecule has 0 aromatic rings. The van der Waals surface area contributed by atoms with Gasteiger partial charge in [-0.3, -0.25) is 9.35 Å². The van der Waals surface area contributed by atoms with Crippen LogP contribution in [0.2, 0.25) is 0 Å². The van der Waals surface area contributed by atoms with Crippen molar-refractivity contribution in [3.8, 4) is 0 Å². The van der Waals surface area contributed by atoms with Crippen LogP contribution in [-0.2, 0) is 38.3 Å². The summed E-state index contributed by atoms with van der Waals surface area (Å²) in [5, 5.41) is 30.4. The summed E-state index contributed by atoms with van der Waals surface area (Å²) in [6.07, 6.45) is 33.8. The van der Waals surface area contributed by atoms with Gasteiger partial charge in [0.15, 0.2) is 6.29 Å². The van der Waals surface area contributed by atoms with Crippen LogP contribution in [0, 0.1) is 0 Å². The van der Waals surface area contributed by atoms with Crippen molar-refractivity contribution in [3.05, 3.63) is 48.6 Å². The maximum Gasteiger partial charge on any atom is 0.397 e. The van der Waals surface area contributed by atoms with Crippen LogP contribution in [0.4, 0.5) is 0 Å². The molecule has 57 heavy (non-hydrogen) atoms. The van der Waals surface area contributed by atoms with Crippen molar-refractivity contribution in [2.75, 3.05) is 26.4 Å². The van der Waals surface area contributed by atoms with Crippen molar-refractivity contribution in [1.82, 2.24) is 0 Å². The van der Waals surface area contributed by atoms with Gasteiger partial charge in [-0.25, -0.2) is 4.18 Å². The quantitative estimate of drug-likeness (QED) is 0.0203. The van der Waals surface area contributed by atoms with E-state index in [1.807, 2.05) is 0 Å². The number of carbonyl (C=O) groups excluding carboxylic acids is 1. The molecule has 0 saturated carbocycles. The average molecular weight is 831 g/mol. The van der Waals surface area contributed by atoms with Gasteiger partial charge < -0.3 is 34.3 Å². The summed E-state index contributed by atoms with van der Waals surface area (Å²) < 4.78 is 58.5. The number of carbonyl (C=O) groups is 1. The van der Waals surface area contributed by atoms with Crippen LogP contribution >= 0.6 is 0 Å². The molecule has 0 bridgehead atoms. The van der Waals surface area contributed by atoms with Crippen molar-refractivity contribution < 1.29 is 56.2 Å². The predicted molar refractivity (Wildman–Crippen MR) is 225 cm³/mol. The van der Waals surface area contributed by atoms with E-state index < -0.39 is 59.8 Å². The predicted octanol–water partition coefficient (Wildman–Crippen LogP) is 8.80. The van der Waals surface area contributed by atoms with E-state index in [4.69, 9.17) is 23.5 Å². The molecule has 0 amide bonds. The van der Waals surface area contributed by atoms with Crippen LogP contribution in [0.3, 0.4) is 0 Å². The van der Waals surface area contributed by atoms with Crippen molar-refractivity contribution >= 4 is 16.4 Å². The third-order valence-corrected chi connectivity index (χ3v) is 10.2. The molecule has 1 saturated heterocycles. The molecule has 6 unspecified atom stereocenters. The minimum atomic E-state index is -5.05. The van der Waals surface area contributed by atoms with E-state index in [1.165, 1.54) is 70.6 Å². The summed E-state index contributed by atoms with van der Waals surface area (Å²) in [5.74, 6) is -0.418. The highest BCUT2D eigenvalue weighted by molar-refractivity contribution is 7.80. The van der Waals surface area contributed by atoms with Crippen LogP contribution < -0.4 is 0 Å². The van der Waals surface area contributed by atoms with Gasteiger partial charge in [0.1, 0.15) is 30.5 Å². The second-order valence-corrected chi connectivity index (χ2v) is 16.0. The molecule has 0 aromatic heterocycles. The number of allylic oxidation sites excluding steroid dienone is 8. The highest BCUT2D eigenvalue weighted by atomic mass is 32.3. The molecule has 1 rings (SSSR count). The highest BCUT2D eigenvalue weighted by Crippen LogP contribution is 2.26. The van der Waals surface area contributed by atoms with E-state index in [-0.39, 0.29) is 19.6 Å². The fraction of sp³-hybridized carbons (Fsp3) is 0.795. The summed E-state index contributed by atoms with van der Waals surface area (Å²) in [4.78, 5) is 12.5. The molecular weight excluding hydrogens is 753 g/mol. The molecule has 1 aliphatic rings. The number of hydrogen-bond donors (Lipinski definition) is 4. The Morgan fingerprint density at radius 1 is 0.684 bits per heavy atom. The van der Waals surface area contributed by atoms with Gasteiger partial charge in [-0.15, -0.1) is 0 Å². The standard InChI is InChI=1S/C44H78O12S/c1-3-5-7-9-10-11-12-13-14-15-16-17-18-19-20-21-22-23-24-25-26-27-28-29-30-32-34-52-36-38(54-40(46)33-31-8-6-4-2)37-53-44-42(48)43(56-57(49,50)51)41(47)39(35-45)55-44/h5,7,10-11,13-14,16-17,38-39,41-45,47-48H,3-4,6,8-9,12,15,18-37H2,1-2H3,(H,49,50,51)/b7-5-,11-10-,14-13-,17-16-.